The highest BCUT2D eigenvalue weighted by Gasteiger charge is 2.16. The number of para-hydroxylation sites is 1. The summed E-state index contributed by atoms with van der Waals surface area (Å²) in [6.07, 6.45) is 0. The van der Waals surface area contributed by atoms with E-state index in [1.807, 2.05) is 0 Å². The molecule has 1 unspecified atom stereocenters. The van der Waals surface area contributed by atoms with E-state index in [-0.39, 0.29) is 11.7 Å². The lowest BCUT2D eigenvalue weighted by atomic mass is 10.1. The molecule has 2 aromatic rings. The number of methoxy groups -OCH3 is 2. The van der Waals surface area contributed by atoms with Crippen molar-refractivity contribution in [3.8, 4) is 11.5 Å². The molecule has 0 aliphatic rings. The number of rotatable bonds is 5. The Labute approximate surface area is 122 Å². The third-order valence-electron chi connectivity index (χ3n) is 3.23. The van der Waals surface area contributed by atoms with Crippen molar-refractivity contribution >= 4 is 5.69 Å². The molecule has 0 heterocycles. The minimum Gasteiger partial charge on any atom is -0.497 e. The van der Waals surface area contributed by atoms with E-state index in [2.05, 4.69) is 5.32 Å². The Morgan fingerprint density at radius 3 is 2.24 bits per heavy atom. The Balaban J connectivity index is 2.33. The molecule has 112 valence electrons. The average Bonchev–Trinajstić information content (AvgIpc) is 2.50. The van der Waals surface area contributed by atoms with Crippen molar-refractivity contribution in [1.82, 2.24) is 0 Å². The Morgan fingerprint density at radius 1 is 1.00 bits per heavy atom. The molecule has 3 nitrogen and oxygen atoms in total. The van der Waals surface area contributed by atoms with Crippen molar-refractivity contribution in [3.63, 3.8) is 0 Å². The number of hydrogen-bond acceptors (Lipinski definition) is 3. The minimum atomic E-state index is -0.635. The Morgan fingerprint density at radius 2 is 1.67 bits per heavy atom. The summed E-state index contributed by atoms with van der Waals surface area (Å²) in [5, 5.41) is 2.84. The molecule has 0 bridgehead atoms. The zero-order chi connectivity index (χ0) is 15.4. The summed E-state index contributed by atoms with van der Waals surface area (Å²) in [6, 6.07) is 8.67. The topological polar surface area (TPSA) is 30.5 Å². The van der Waals surface area contributed by atoms with Gasteiger partial charge in [0.15, 0.2) is 0 Å². The second-order valence-electron chi connectivity index (χ2n) is 4.57. The first-order valence-electron chi connectivity index (χ1n) is 6.49. The van der Waals surface area contributed by atoms with Gasteiger partial charge in [0, 0.05) is 5.56 Å². The van der Waals surface area contributed by atoms with E-state index in [1.54, 1.807) is 39.3 Å². The van der Waals surface area contributed by atoms with Gasteiger partial charge in [0.1, 0.15) is 28.8 Å². The van der Waals surface area contributed by atoms with Crippen LogP contribution >= 0.6 is 0 Å². The lowest BCUT2D eigenvalue weighted by Gasteiger charge is -2.20. The van der Waals surface area contributed by atoms with Crippen LogP contribution in [0.2, 0.25) is 0 Å². The fourth-order valence-electron chi connectivity index (χ4n) is 2.11. The maximum absolute atomic E-state index is 13.7. The molecule has 5 heteroatoms. The van der Waals surface area contributed by atoms with Crippen LogP contribution in [0.4, 0.5) is 14.5 Å². The summed E-state index contributed by atoms with van der Waals surface area (Å²) in [6.45, 7) is 1.79. The molecule has 0 aliphatic heterocycles. The molecule has 0 fully saturated rings. The minimum absolute atomic E-state index is 0.158. The smallest absolute Gasteiger partial charge is 0.149 e. The van der Waals surface area contributed by atoms with Gasteiger partial charge in [-0.15, -0.1) is 0 Å². The van der Waals surface area contributed by atoms with Gasteiger partial charge in [-0.05, 0) is 37.3 Å². The highest BCUT2D eigenvalue weighted by molar-refractivity contribution is 5.51. The standard InChI is InChI=1S/C16H17F2NO2/c1-10(19-16-13(17)5-4-6-14(16)18)12-9-11(20-2)7-8-15(12)21-3/h4-10,19H,1-3H3. The lowest BCUT2D eigenvalue weighted by molar-refractivity contribution is 0.397. The highest BCUT2D eigenvalue weighted by atomic mass is 19.1. The van der Waals surface area contributed by atoms with Crippen molar-refractivity contribution in [2.45, 2.75) is 13.0 Å². The van der Waals surface area contributed by atoms with Gasteiger partial charge in [-0.2, -0.15) is 0 Å². The van der Waals surface area contributed by atoms with E-state index in [0.29, 0.717) is 11.5 Å². The number of halogens is 2. The van der Waals surface area contributed by atoms with Gasteiger partial charge < -0.3 is 14.8 Å². The maximum atomic E-state index is 13.7. The second-order valence-corrected chi connectivity index (χ2v) is 4.57. The van der Waals surface area contributed by atoms with Crippen LogP contribution in [0.5, 0.6) is 11.5 Å². The van der Waals surface area contributed by atoms with Crippen LogP contribution < -0.4 is 14.8 Å². The zero-order valence-corrected chi connectivity index (χ0v) is 12.1. The number of hydrogen-bond donors (Lipinski definition) is 1. The van der Waals surface area contributed by atoms with Crippen LogP contribution in [0.25, 0.3) is 0 Å². The van der Waals surface area contributed by atoms with Crippen LogP contribution in [-0.2, 0) is 0 Å². The fourth-order valence-corrected chi connectivity index (χ4v) is 2.11. The molecule has 21 heavy (non-hydrogen) atoms. The van der Waals surface area contributed by atoms with Gasteiger partial charge in [-0.1, -0.05) is 6.07 Å². The number of nitrogens with one attached hydrogen (secondary N) is 1. The van der Waals surface area contributed by atoms with Gasteiger partial charge in [0.25, 0.3) is 0 Å². The predicted molar refractivity (Wildman–Crippen MR) is 77.9 cm³/mol. The zero-order valence-electron chi connectivity index (χ0n) is 12.1. The normalized spacial score (nSPS) is 11.9. The Bertz CT molecular complexity index is 611. The van der Waals surface area contributed by atoms with Gasteiger partial charge in [0.05, 0.1) is 20.3 Å². The molecule has 1 N–H and O–H groups in total. The van der Waals surface area contributed by atoms with Gasteiger partial charge >= 0.3 is 0 Å². The highest BCUT2D eigenvalue weighted by Crippen LogP contribution is 2.32. The third kappa shape index (κ3) is 3.24. The average molecular weight is 293 g/mol. The maximum Gasteiger partial charge on any atom is 0.149 e. The van der Waals surface area contributed by atoms with Crippen molar-refractivity contribution in [3.05, 3.63) is 53.6 Å². The van der Waals surface area contributed by atoms with E-state index >= 15 is 0 Å². The van der Waals surface area contributed by atoms with Gasteiger partial charge in [-0.25, -0.2) is 8.78 Å². The largest absolute Gasteiger partial charge is 0.497 e. The Kier molecular flexibility index (Phi) is 4.62. The quantitative estimate of drug-likeness (QED) is 0.898. The second kappa shape index (κ2) is 6.43. The molecule has 0 aromatic heterocycles. The molecule has 2 rings (SSSR count). The first-order chi connectivity index (χ1) is 10.1. The monoisotopic (exact) mass is 293 g/mol. The number of anilines is 1. The van der Waals surface area contributed by atoms with Crippen LogP contribution in [0, 0.1) is 11.6 Å². The molecule has 1 atom stereocenters. The van der Waals surface area contributed by atoms with E-state index in [1.165, 1.54) is 18.2 Å². The van der Waals surface area contributed by atoms with Crippen molar-refractivity contribution in [1.29, 1.82) is 0 Å². The number of ether oxygens (including phenoxy) is 2. The van der Waals surface area contributed by atoms with E-state index in [0.717, 1.165) is 5.56 Å². The summed E-state index contributed by atoms with van der Waals surface area (Å²) < 4.78 is 37.8. The molecule has 0 saturated carbocycles. The molecule has 2 aromatic carbocycles. The summed E-state index contributed by atoms with van der Waals surface area (Å²) in [5.41, 5.74) is 0.592. The van der Waals surface area contributed by atoms with E-state index in [4.69, 9.17) is 9.47 Å². The molecule has 0 amide bonds. The molecular formula is C16H17F2NO2. The number of benzene rings is 2. The van der Waals surface area contributed by atoms with Gasteiger partial charge in [-0.3, -0.25) is 0 Å². The summed E-state index contributed by atoms with van der Waals surface area (Å²) in [5.74, 6) is -0.00608. The van der Waals surface area contributed by atoms with Gasteiger partial charge in [0.2, 0.25) is 0 Å². The molecule has 0 aliphatic carbocycles. The van der Waals surface area contributed by atoms with Crippen LogP contribution in [0.15, 0.2) is 36.4 Å². The van der Waals surface area contributed by atoms with Crippen molar-refractivity contribution in [2.24, 2.45) is 0 Å². The van der Waals surface area contributed by atoms with Crippen LogP contribution in [-0.4, -0.2) is 14.2 Å². The van der Waals surface area contributed by atoms with E-state index < -0.39 is 11.6 Å². The first kappa shape index (κ1) is 15.1. The molecule has 0 spiro atoms. The van der Waals surface area contributed by atoms with Crippen LogP contribution in [0.3, 0.4) is 0 Å². The summed E-state index contributed by atoms with van der Waals surface area (Å²) in [4.78, 5) is 0. The first-order valence-corrected chi connectivity index (χ1v) is 6.49. The molecule has 0 saturated heterocycles. The fraction of sp³-hybridized carbons (Fsp3) is 0.250. The SMILES string of the molecule is COc1ccc(OC)c(C(C)Nc2c(F)cccc2F)c1. The Hall–Kier alpha value is -2.30. The van der Waals surface area contributed by atoms with Crippen molar-refractivity contribution < 1.29 is 18.3 Å². The third-order valence-corrected chi connectivity index (χ3v) is 3.23. The molecular weight excluding hydrogens is 276 g/mol. The van der Waals surface area contributed by atoms with Crippen LogP contribution in [0.1, 0.15) is 18.5 Å². The summed E-state index contributed by atoms with van der Waals surface area (Å²) in [7, 11) is 3.10. The van der Waals surface area contributed by atoms with Crippen molar-refractivity contribution in [2.75, 3.05) is 19.5 Å². The predicted octanol–water partition coefficient (Wildman–Crippen LogP) is 4.16. The van der Waals surface area contributed by atoms with E-state index in [9.17, 15) is 8.78 Å². The summed E-state index contributed by atoms with van der Waals surface area (Å²) >= 11 is 0. The molecule has 0 radical (unpaired) electrons. The lowest BCUT2D eigenvalue weighted by Crippen LogP contribution is -2.11.